The molecular formula is C16H25NO3. The van der Waals surface area contributed by atoms with Crippen LogP contribution in [0.1, 0.15) is 44.6 Å². The fourth-order valence-corrected chi connectivity index (χ4v) is 2.12. The number of nitrogens with two attached hydrogens (primary N) is 1. The Morgan fingerprint density at radius 2 is 2.10 bits per heavy atom. The van der Waals surface area contributed by atoms with Crippen molar-refractivity contribution in [2.24, 2.45) is 5.73 Å². The molecule has 0 aromatic heterocycles. The summed E-state index contributed by atoms with van der Waals surface area (Å²) >= 11 is 0. The van der Waals surface area contributed by atoms with Crippen molar-refractivity contribution in [2.75, 3.05) is 13.7 Å². The predicted molar refractivity (Wildman–Crippen MR) is 79.9 cm³/mol. The van der Waals surface area contributed by atoms with Crippen LogP contribution in [0.4, 0.5) is 0 Å². The van der Waals surface area contributed by atoms with Gasteiger partial charge in [0, 0.05) is 12.0 Å². The number of carbonyl (C=O) groups excluding carboxylic acids is 1. The van der Waals surface area contributed by atoms with E-state index in [4.69, 9.17) is 15.2 Å². The minimum absolute atomic E-state index is 0.0439. The topological polar surface area (TPSA) is 61.5 Å². The Morgan fingerprint density at radius 3 is 2.70 bits per heavy atom. The first-order valence-electron chi connectivity index (χ1n) is 7.17. The van der Waals surface area contributed by atoms with E-state index in [0.717, 1.165) is 24.2 Å². The zero-order chi connectivity index (χ0) is 15.0. The largest absolute Gasteiger partial charge is 0.494 e. The van der Waals surface area contributed by atoms with Crippen molar-refractivity contribution in [1.82, 2.24) is 0 Å². The number of carbonyl (C=O) groups is 1. The molecule has 4 heteroatoms. The minimum Gasteiger partial charge on any atom is -0.494 e. The van der Waals surface area contributed by atoms with Gasteiger partial charge in [-0.05, 0) is 30.5 Å². The highest BCUT2D eigenvalue weighted by Crippen LogP contribution is 2.27. The van der Waals surface area contributed by atoms with Crippen molar-refractivity contribution in [2.45, 2.75) is 45.1 Å². The van der Waals surface area contributed by atoms with E-state index in [-0.39, 0.29) is 17.9 Å². The van der Waals surface area contributed by atoms with Crippen molar-refractivity contribution >= 4 is 5.97 Å². The van der Waals surface area contributed by atoms with Gasteiger partial charge in [-0.3, -0.25) is 4.79 Å². The molecule has 20 heavy (non-hydrogen) atoms. The standard InChI is InChI=1S/C16H25NO3/c1-4-9-20-13-8-6-7-12(10-13)14(15(17)5-2)11-16(18)19-3/h6-8,10,14-15H,4-5,9,11,17H2,1-3H3. The summed E-state index contributed by atoms with van der Waals surface area (Å²) in [6.45, 7) is 4.77. The van der Waals surface area contributed by atoms with Gasteiger partial charge in [0.15, 0.2) is 0 Å². The van der Waals surface area contributed by atoms with E-state index < -0.39 is 0 Å². The molecule has 0 aliphatic carbocycles. The molecule has 1 aromatic carbocycles. The molecule has 1 aromatic rings. The van der Waals surface area contributed by atoms with Gasteiger partial charge in [-0.15, -0.1) is 0 Å². The molecule has 0 aliphatic heterocycles. The monoisotopic (exact) mass is 279 g/mol. The molecular weight excluding hydrogens is 254 g/mol. The molecule has 0 saturated carbocycles. The van der Waals surface area contributed by atoms with Crippen molar-refractivity contribution in [3.8, 4) is 5.75 Å². The third kappa shape index (κ3) is 4.85. The van der Waals surface area contributed by atoms with Crippen LogP contribution >= 0.6 is 0 Å². The lowest BCUT2D eigenvalue weighted by molar-refractivity contribution is -0.141. The summed E-state index contributed by atoms with van der Waals surface area (Å²) < 4.78 is 10.4. The van der Waals surface area contributed by atoms with Crippen LogP contribution in [0.3, 0.4) is 0 Å². The lowest BCUT2D eigenvalue weighted by atomic mass is 9.87. The number of ether oxygens (including phenoxy) is 2. The van der Waals surface area contributed by atoms with Gasteiger partial charge in [0.05, 0.1) is 20.1 Å². The third-order valence-corrected chi connectivity index (χ3v) is 3.36. The molecule has 2 unspecified atom stereocenters. The van der Waals surface area contributed by atoms with E-state index in [9.17, 15) is 4.79 Å². The number of hydrogen-bond acceptors (Lipinski definition) is 4. The van der Waals surface area contributed by atoms with Crippen LogP contribution in [0.15, 0.2) is 24.3 Å². The molecule has 2 atom stereocenters. The summed E-state index contributed by atoms with van der Waals surface area (Å²) in [4.78, 5) is 11.6. The molecule has 0 aliphatic rings. The lowest BCUT2D eigenvalue weighted by Crippen LogP contribution is -2.29. The Kier molecular flexibility index (Phi) is 7.09. The van der Waals surface area contributed by atoms with Gasteiger partial charge in [-0.25, -0.2) is 0 Å². The molecule has 0 bridgehead atoms. The second-order valence-electron chi connectivity index (χ2n) is 4.88. The summed E-state index contributed by atoms with van der Waals surface area (Å²) in [5.41, 5.74) is 7.18. The summed E-state index contributed by atoms with van der Waals surface area (Å²) in [6.07, 6.45) is 2.06. The number of rotatable bonds is 8. The van der Waals surface area contributed by atoms with E-state index in [1.54, 1.807) is 0 Å². The molecule has 2 N–H and O–H groups in total. The highest BCUT2D eigenvalue weighted by atomic mass is 16.5. The summed E-state index contributed by atoms with van der Waals surface area (Å²) in [5.74, 6) is 0.541. The first-order valence-corrected chi connectivity index (χ1v) is 7.17. The molecule has 0 radical (unpaired) electrons. The number of esters is 1. The van der Waals surface area contributed by atoms with Gasteiger partial charge >= 0.3 is 5.97 Å². The first-order chi connectivity index (χ1) is 9.62. The number of hydrogen-bond donors (Lipinski definition) is 1. The predicted octanol–water partition coefficient (Wildman–Crippen LogP) is 2.86. The van der Waals surface area contributed by atoms with Gasteiger partial charge in [0.2, 0.25) is 0 Å². The maximum absolute atomic E-state index is 11.6. The van der Waals surface area contributed by atoms with Crippen LogP contribution in [-0.2, 0) is 9.53 Å². The van der Waals surface area contributed by atoms with E-state index in [1.165, 1.54) is 7.11 Å². The van der Waals surface area contributed by atoms with Crippen LogP contribution in [0.2, 0.25) is 0 Å². The van der Waals surface area contributed by atoms with Crippen LogP contribution in [-0.4, -0.2) is 25.7 Å². The smallest absolute Gasteiger partial charge is 0.306 e. The Hall–Kier alpha value is -1.55. The molecule has 0 amide bonds. The van der Waals surface area contributed by atoms with Gasteiger partial charge in [-0.2, -0.15) is 0 Å². The number of benzene rings is 1. The van der Waals surface area contributed by atoms with Gasteiger partial charge in [-0.1, -0.05) is 26.0 Å². The van der Waals surface area contributed by atoms with E-state index in [2.05, 4.69) is 6.92 Å². The quantitative estimate of drug-likeness (QED) is 0.743. The van der Waals surface area contributed by atoms with Crippen LogP contribution in [0.25, 0.3) is 0 Å². The molecule has 0 saturated heterocycles. The molecule has 4 nitrogen and oxygen atoms in total. The first kappa shape index (κ1) is 16.5. The molecule has 1 rings (SSSR count). The highest BCUT2D eigenvalue weighted by molar-refractivity contribution is 5.70. The second kappa shape index (κ2) is 8.59. The van der Waals surface area contributed by atoms with Crippen molar-refractivity contribution in [3.63, 3.8) is 0 Å². The molecule has 0 fully saturated rings. The average Bonchev–Trinajstić information content (AvgIpc) is 2.49. The summed E-state index contributed by atoms with van der Waals surface area (Å²) in [5, 5.41) is 0. The SMILES string of the molecule is CCCOc1cccc(C(CC(=O)OC)C(N)CC)c1. The molecule has 0 heterocycles. The van der Waals surface area contributed by atoms with Crippen molar-refractivity contribution in [3.05, 3.63) is 29.8 Å². The highest BCUT2D eigenvalue weighted by Gasteiger charge is 2.22. The second-order valence-corrected chi connectivity index (χ2v) is 4.88. The summed E-state index contributed by atoms with van der Waals surface area (Å²) in [7, 11) is 1.40. The number of methoxy groups -OCH3 is 1. The van der Waals surface area contributed by atoms with E-state index >= 15 is 0 Å². The third-order valence-electron chi connectivity index (χ3n) is 3.36. The normalized spacial score (nSPS) is 13.6. The molecule has 112 valence electrons. The van der Waals surface area contributed by atoms with Crippen molar-refractivity contribution in [1.29, 1.82) is 0 Å². The van der Waals surface area contributed by atoms with E-state index in [1.807, 2.05) is 31.2 Å². The Labute approximate surface area is 121 Å². The van der Waals surface area contributed by atoms with Gasteiger partial charge in [0.25, 0.3) is 0 Å². The Morgan fingerprint density at radius 1 is 1.35 bits per heavy atom. The Balaban J connectivity index is 2.91. The fourth-order valence-electron chi connectivity index (χ4n) is 2.12. The zero-order valence-electron chi connectivity index (χ0n) is 12.6. The van der Waals surface area contributed by atoms with Crippen molar-refractivity contribution < 1.29 is 14.3 Å². The zero-order valence-corrected chi connectivity index (χ0v) is 12.6. The van der Waals surface area contributed by atoms with Gasteiger partial charge < -0.3 is 15.2 Å². The van der Waals surface area contributed by atoms with Gasteiger partial charge in [0.1, 0.15) is 5.75 Å². The lowest BCUT2D eigenvalue weighted by Gasteiger charge is -2.23. The maximum atomic E-state index is 11.6. The summed E-state index contributed by atoms with van der Waals surface area (Å²) in [6, 6.07) is 7.75. The van der Waals surface area contributed by atoms with E-state index in [0.29, 0.717) is 13.0 Å². The fraction of sp³-hybridized carbons (Fsp3) is 0.562. The van der Waals surface area contributed by atoms with Crippen LogP contribution in [0, 0.1) is 0 Å². The average molecular weight is 279 g/mol. The van der Waals surface area contributed by atoms with Crippen LogP contribution in [0.5, 0.6) is 5.75 Å². The molecule has 0 spiro atoms. The minimum atomic E-state index is -0.237. The Bertz CT molecular complexity index is 420. The maximum Gasteiger partial charge on any atom is 0.306 e. The van der Waals surface area contributed by atoms with Crippen LogP contribution < -0.4 is 10.5 Å².